The van der Waals surface area contributed by atoms with E-state index in [1.165, 1.54) is 5.69 Å². The lowest BCUT2D eigenvalue weighted by Crippen LogP contribution is -2.43. The van der Waals surface area contributed by atoms with Crippen molar-refractivity contribution in [2.75, 3.05) is 37.0 Å². The molecule has 2 heterocycles. The van der Waals surface area contributed by atoms with Crippen molar-refractivity contribution in [2.45, 2.75) is 19.0 Å². The van der Waals surface area contributed by atoms with Crippen LogP contribution in [0.1, 0.15) is 12.0 Å². The van der Waals surface area contributed by atoms with E-state index in [1.54, 1.807) is 6.20 Å². The van der Waals surface area contributed by atoms with Crippen LogP contribution in [0.2, 0.25) is 0 Å². The third kappa shape index (κ3) is 4.62. The van der Waals surface area contributed by atoms with Crippen molar-refractivity contribution in [1.29, 1.82) is 0 Å². The molecule has 1 atom stereocenters. The largest absolute Gasteiger partial charge is 0.369 e. The Balaban J connectivity index is 1.46. The Morgan fingerprint density at radius 2 is 2.08 bits per heavy atom. The molecule has 1 aliphatic rings. The molecule has 0 aliphatic carbocycles. The van der Waals surface area contributed by atoms with Gasteiger partial charge in [0.25, 0.3) is 0 Å². The summed E-state index contributed by atoms with van der Waals surface area (Å²) in [7, 11) is 3.90. The molecule has 2 N–H and O–H groups in total. The molecule has 1 fully saturated rings. The highest BCUT2D eigenvalue weighted by Gasteiger charge is 2.23. The second-order valence-electron chi connectivity index (χ2n) is 6.51. The first-order chi connectivity index (χ1) is 12.1. The first kappa shape index (κ1) is 17.1. The van der Waals surface area contributed by atoms with Crippen LogP contribution in [-0.4, -0.2) is 44.2 Å². The van der Waals surface area contributed by atoms with E-state index in [-0.39, 0.29) is 12.1 Å². The molecule has 25 heavy (non-hydrogen) atoms. The van der Waals surface area contributed by atoms with Crippen molar-refractivity contribution in [2.24, 2.45) is 0 Å². The minimum absolute atomic E-state index is 0.122. The summed E-state index contributed by atoms with van der Waals surface area (Å²) >= 11 is 0. The average Bonchev–Trinajstić information content (AvgIpc) is 3.09. The Labute approximate surface area is 148 Å². The molecule has 0 unspecified atom stereocenters. The van der Waals surface area contributed by atoms with Crippen LogP contribution in [0.3, 0.4) is 0 Å². The van der Waals surface area contributed by atoms with Gasteiger partial charge in [-0.2, -0.15) is 0 Å². The summed E-state index contributed by atoms with van der Waals surface area (Å²) in [6.45, 7) is 2.30. The molecular formula is C19H25N5O. The maximum atomic E-state index is 12.2. The van der Waals surface area contributed by atoms with E-state index in [2.05, 4.69) is 32.7 Å². The van der Waals surface area contributed by atoms with Crippen LogP contribution in [0.4, 0.5) is 16.3 Å². The van der Waals surface area contributed by atoms with Crippen LogP contribution >= 0.6 is 0 Å². The molecule has 0 spiro atoms. The van der Waals surface area contributed by atoms with Gasteiger partial charge >= 0.3 is 6.03 Å². The van der Waals surface area contributed by atoms with Crippen LogP contribution in [-0.2, 0) is 6.54 Å². The van der Waals surface area contributed by atoms with Crippen molar-refractivity contribution in [3.8, 4) is 0 Å². The van der Waals surface area contributed by atoms with Gasteiger partial charge in [-0.25, -0.2) is 9.78 Å². The maximum absolute atomic E-state index is 12.2. The van der Waals surface area contributed by atoms with Crippen molar-refractivity contribution in [3.63, 3.8) is 0 Å². The predicted octanol–water partition coefficient (Wildman–Crippen LogP) is 2.23. The van der Waals surface area contributed by atoms with Gasteiger partial charge in [0.1, 0.15) is 5.82 Å². The monoisotopic (exact) mass is 339 g/mol. The summed E-state index contributed by atoms with van der Waals surface area (Å²) in [6, 6.07) is 14.3. The van der Waals surface area contributed by atoms with E-state index in [4.69, 9.17) is 0 Å². The summed E-state index contributed by atoms with van der Waals surface area (Å²) in [5, 5.41) is 6.00. The Bertz CT molecular complexity index is 704. The fraction of sp³-hybridized carbons (Fsp3) is 0.368. The molecule has 132 valence electrons. The van der Waals surface area contributed by atoms with Gasteiger partial charge in [0.05, 0.1) is 0 Å². The van der Waals surface area contributed by atoms with E-state index in [0.29, 0.717) is 6.54 Å². The van der Waals surface area contributed by atoms with Crippen molar-refractivity contribution < 1.29 is 4.79 Å². The fourth-order valence-electron chi connectivity index (χ4n) is 2.99. The second kappa shape index (κ2) is 7.88. The number of nitrogens with zero attached hydrogens (tertiary/aromatic N) is 3. The summed E-state index contributed by atoms with van der Waals surface area (Å²) < 4.78 is 0. The van der Waals surface area contributed by atoms with E-state index in [0.717, 1.165) is 30.9 Å². The number of benzene rings is 1. The number of amides is 2. The molecule has 1 aromatic carbocycles. The van der Waals surface area contributed by atoms with Crippen LogP contribution in [0.25, 0.3) is 0 Å². The maximum Gasteiger partial charge on any atom is 0.315 e. The topological polar surface area (TPSA) is 60.5 Å². The van der Waals surface area contributed by atoms with E-state index >= 15 is 0 Å². The Morgan fingerprint density at radius 3 is 2.84 bits per heavy atom. The summed E-state index contributed by atoms with van der Waals surface area (Å²) in [4.78, 5) is 20.7. The molecule has 6 heteroatoms. The summed E-state index contributed by atoms with van der Waals surface area (Å²) in [5.41, 5.74) is 2.24. The first-order valence-corrected chi connectivity index (χ1v) is 8.58. The quantitative estimate of drug-likeness (QED) is 0.877. The minimum atomic E-state index is -0.122. The highest BCUT2D eigenvalue weighted by Crippen LogP contribution is 2.19. The van der Waals surface area contributed by atoms with Crippen LogP contribution < -0.4 is 20.4 Å². The number of aromatic nitrogens is 1. The Kier molecular flexibility index (Phi) is 5.38. The number of urea groups is 1. The number of anilines is 2. The average molecular weight is 339 g/mol. The van der Waals surface area contributed by atoms with Gasteiger partial charge in [0.15, 0.2) is 0 Å². The molecule has 6 nitrogen and oxygen atoms in total. The van der Waals surface area contributed by atoms with Crippen molar-refractivity contribution in [3.05, 3.63) is 54.2 Å². The number of pyridine rings is 1. The Hall–Kier alpha value is -2.76. The Morgan fingerprint density at radius 1 is 1.28 bits per heavy atom. The highest BCUT2D eigenvalue weighted by molar-refractivity contribution is 5.74. The number of para-hydroxylation sites is 1. The lowest BCUT2D eigenvalue weighted by Gasteiger charge is -2.19. The SMILES string of the molecule is CN(C)c1cc(CNC(=O)N[C@@H]2CCN(c3ccccc3)C2)ccn1. The van der Waals surface area contributed by atoms with Gasteiger partial charge < -0.3 is 20.4 Å². The standard InChI is InChI=1S/C19H25N5O/c1-23(2)18-12-15(8-10-20-18)13-21-19(25)22-16-9-11-24(14-16)17-6-4-3-5-7-17/h3-8,10,12,16H,9,11,13-14H2,1-2H3,(H2,21,22,25)/t16-/m1/s1. The third-order valence-electron chi connectivity index (χ3n) is 4.37. The molecule has 2 amide bonds. The molecule has 0 bridgehead atoms. The number of carbonyl (C=O) groups excluding carboxylic acids is 1. The van der Waals surface area contributed by atoms with E-state index < -0.39 is 0 Å². The molecule has 2 aromatic rings. The number of hydrogen-bond donors (Lipinski definition) is 2. The smallest absolute Gasteiger partial charge is 0.315 e. The lowest BCUT2D eigenvalue weighted by molar-refractivity contribution is 0.237. The third-order valence-corrected chi connectivity index (χ3v) is 4.37. The number of rotatable bonds is 5. The zero-order valence-corrected chi connectivity index (χ0v) is 14.8. The van der Waals surface area contributed by atoms with Gasteiger partial charge in [-0.1, -0.05) is 18.2 Å². The first-order valence-electron chi connectivity index (χ1n) is 8.58. The van der Waals surface area contributed by atoms with E-state index in [1.807, 2.05) is 49.3 Å². The van der Waals surface area contributed by atoms with Crippen molar-refractivity contribution in [1.82, 2.24) is 15.6 Å². The zero-order valence-electron chi connectivity index (χ0n) is 14.8. The van der Waals surface area contributed by atoms with Crippen molar-refractivity contribution >= 4 is 17.5 Å². The fourth-order valence-corrected chi connectivity index (χ4v) is 2.99. The molecule has 1 aliphatic heterocycles. The molecular weight excluding hydrogens is 314 g/mol. The van der Waals surface area contributed by atoms with Crippen LogP contribution in [0.15, 0.2) is 48.7 Å². The van der Waals surface area contributed by atoms with Gasteiger partial charge in [0, 0.05) is 51.7 Å². The van der Waals surface area contributed by atoms with Crippen LogP contribution in [0.5, 0.6) is 0 Å². The normalized spacial score (nSPS) is 16.6. The van der Waals surface area contributed by atoms with Gasteiger partial charge in [0.2, 0.25) is 0 Å². The predicted molar refractivity (Wildman–Crippen MR) is 101 cm³/mol. The zero-order chi connectivity index (χ0) is 17.6. The van der Waals surface area contributed by atoms with E-state index in [9.17, 15) is 4.79 Å². The molecule has 3 rings (SSSR count). The number of hydrogen-bond acceptors (Lipinski definition) is 4. The van der Waals surface area contributed by atoms with Gasteiger partial charge in [-0.05, 0) is 36.2 Å². The number of carbonyl (C=O) groups is 1. The second-order valence-corrected chi connectivity index (χ2v) is 6.51. The van der Waals surface area contributed by atoms with Gasteiger partial charge in [-0.15, -0.1) is 0 Å². The number of nitrogens with one attached hydrogen (secondary N) is 2. The summed E-state index contributed by atoms with van der Waals surface area (Å²) in [5.74, 6) is 0.883. The molecule has 1 saturated heterocycles. The lowest BCUT2D eigenvalue weighted by atomic mass is 10.2. The molecule has 0 saturated carbocycles. The highest BCUT2D eigenvalue weighted by atomic mass is 16.2. The minimum Gasteiger partial charge on any atom is -0.369 e. The molecule has 1 aromatic heterocycles. The summed E-state index contributed by atoms with van der Waals surface area (Å²) in [6.07, 6.45) is 2.72. The van der Waals surface area contributed by atoms with Crippen LogP contribution in [0, 0.1) is 0 Å². The van der Waals surface area contributed by atoms with Gasteiger partial charge in [-0.3, -0.25) is 0 Å². The molecule has 0 radical (unpaired) electrons.